The summed E-state index contributed by atoms with van der Waals surface area (Å²) in [6, 6.07) is 0. The van der Waals surface area contributed by atoms with Crippen LogP contribution in [0.1, 0.15) is 27.2 Å². The van der Waals surface area contributed by atoms with E-state index in [1.54, 1.807) is 20.8 Å². The van der Waals surface area contributed by atoms with E-state index in [0.29, 0.717) is 5.75 Å². The lowest BCUT2D eigenvalue weighted by Crippen LogP contribution is -2.13. The molecule has 0 aromatic heterocycles. The van der Waals surface area contributed by atoms with Gasteiger partial charge in [0.05, 0.1) is 26.2 Å². The van der Waals surface area contributed by atoms with Crippen molar-refractivity contribution in [2.75, 3.05) is 62.5 Å². The summed E-state index contributed by atoms with van der Waals surface area (Å²) in [6.07, 6.45) is -0.177. The van der Waals surface area contributed by atoms with E-state index >= 15 is 0 Å². The molecule has 0 saturated heterocycles. The van der Waals surface area contributed by atoms with Crippen LogP contribution < -0.4 is 0 Å². The lowest BCUT2D eigenvalue weighted by atomic mass is 10.5. The second-order valence-electron chi connectivity index (χ2n) is 6.04. The zero-order valence-electron chi connectivity index (χ0n) is 16.8. The minimum absolute atomic E-state index is 0.00343. The molecule has 0 radical (unpaired) electrons. The summed E-state index contributed by atoms with van der Waals surface area (Å²) >= 11 is 3.95. The number of rotatable bonds is 17. The Morgan fingerprint density at radius 3 is 1.82 bits per heavy atom. The van der Waals surface area contributed by atoms with Gasteiger partial charge in [0.1, 0.15) is 0 Å². The Hall–Kier alpha value is 0.740. The number of hydrogen-bond acceptors (Lipinski definition) is 9. The Bertz CT molecular complexity index is 602. The van der Waals surface area contributed by atoms with Gasteiger partial charge in [-0.3, -0.25) is 18.5 Å². The second-order valence-corrected chi connectivity index (χ2v) is 15.6. The summed E-state index contributed by atoms with van der Waals surface area (Å²) in [4.78, 5) is 21.5. The first-order valence-electron chi connectivity index (χ1n) is 9.23. The van der Waals surface area contributed by atoms with Crippen molar-refractivity contribution in [2.24, 2.45) is 0 Å². The summed E-state index contributed by atoms with van der Waals surface area (Å²) in [5.74, 6) is -0.0397. The molecule has 0 saturated carbocycles. The Morgan fingerprint density at radius 2 is 1.36 bits per heavy atom. The zero-order valence-corrected chi connectivity index (χ0v) is 21.2. The molecule has 0 fully saturated rings. The number of hydrogen-bond donors (Lipinski definition) is 2. The fourth-order valence-electron chi connectivity index (χ4n) is 2.36. The van der Waals surface area contributed by atoms with Gasteiger partial charge in [-0.2, -0.15) is 0 Å². The van der Waals surface area contributed by atoms with Crippen LogP contribution in [0.4, 0.5) is 0 Å². The molecule has 0 aliphatic carbocycles. The molecule has 8 nitrogen and oxygen atoms in total. The third-order valence-electron chi connectivity index (χ3n) is 3.79. The van der Waals surface area contributed by atoms with Crippen molar-refractivity contribution in [1.29, 1.82) is 0 Å². The highest BCUT2D eigenvalue weighted by atomic mass is 33.1. The minimum Gasteiger partial charge on any atom is -0.466 e. The van der Waals surface area contributed by atoms with Gasteiger partial charge < -0.3 is 18.7 Å². The van der Waals surface area contributed by atoms with Crippen LogP contribution in [0.15, 0.2) is 0 Å². The molecule has 0 aliphatic rings. The molecule has 3 unspecified atom stereocenters. The SMILES string of the molecule is CCOC(=O)CCP(=O)(CCP(=O)(CCP(=O)(O)CCSS)OCC)OCC. The Kier molecular flexibility index (Phi) is 15.1. The predicted molar refractivity (Wildman–Crippen MR) is 120 cm³/mol. The highest BCUT2D eigenvalue weighted by molar-refractivity contribution is 8.68. The van der Waals surface area contributed by atoms with E-state index in [9.17, 15) is 23.4 Å². The number of carbonyl (C=O) groups excluding carboxylic acids is 1. The normalized spacial score (nSPS) is 18.0. The Balaban J connectivity index is 4.96. The second kappa shape index (κ2) is 14.7. The first-order chi connectivity index (χ1) is 13.1. The largest absolute Gasteiger partial charge is 0.466 e. The molecule has 0 spiro atoms. The minimum atomic E-state index is -3.42. The lowest BCUT2D eigenvalue weighted by Gasteiger charge is -2.23. The van der Waals surface area contributed by atoms with Gasteiger partial charge in [0.25, 0.3) is 0 Å². The number of esters is 1. The number of thiol groups is 1. The summed E-state index contributed by atoms with van der Waals surface area (Å²) in [6.45, 7) is 5.69. The predicted octanol–water partition coefficient (Wildman–Crippen LogP) is 4.42. The first-order valence-corrected chi connectivity index (χ1v) is 17.3. The van der Waals surface area contributed by atoms with Gasteiger partial charge in [-0.25, -0.2) is 0 Å². The average Bonchev–Trinajstić information content (AvgIpc) is 2.63. The molecule has 0 aliphatic heterocycles. The fraction of sp³-hybridized carbons (Fsp3) is 0.933. The topological polar surface area (TPSA) is 116 Å². The van der Waals surface area contributed by atoms with Crippen LogP contribution in [0.5, 0.6) is 0 Å². The molecule has 0 amide bonds. The molecular weight excluding hydrogens is 465 g/mol. The summed E-state index contributed by atoms with van der Waals surface area (Å²) < 4.78 is 53.9. The molecule has 168 valence electrons. The van der Waals surface area contributed by atoms with Crippen LogP contribution in [-0.4, -0.2) is 73.4 Å². The van der Waals surface area contributed by atoms with Crippen LogP contribution in [0, 0.1) is 0 Å². The van der Waals surface area contributed by atoms with E-state index in [-0.39, 0.29) is 63.2 Å². The van der Waals surface area contributed by atoms with E-state index in [2.05, 4.69) is 11.7 Å². The van der Waals surface area contributed by atoms with Crippen LogP contribution in [-0.2, 0) is 32.3 Å². The van der Waals surface area contributed by atoms with Crippen molar-refractivity contribution in [3.05, 3.63) is 0 Å². The highest BCUT2D eigenvalue weighted by Crippen LogP contribution is 2.56. The summed E-state index contributed by atoms with van der Waals surface area (Å²) in [7, 11) is -8.70. The molecule has 1 N–H and O–H groups in total. The first kappa shape index (κ1) is 28.7. The van der Waals surface area contributed by atoms with Gasteiger partial charge in [0.2, 0.25) is 22.1 Å². The number of ether oxygens (including phenoxy) is 1. The van der Waals surface area contributed by atoms with Crippen molar-refractivity contribution >= 4 is 50.5 Å². The highest BCUT2D eigenvalue weighted by Gasteiger charge is 2.32. The maximum atomic E-state index is 13.1. The van der Waals surface area contributed by atoms with E-state index < -0.39 is 28.1 Å². The van der Waals surface area contributed by atoms with Crippen molar-refractivity contribution < 1.29 is 37.2 Å². The molecule has 13 heteroatoms. The average molecular weight is 498 g/mol. The van der Waals surface area contributed by atoms with Crippen LogP contribution in [0.3, 0.4) is 0 Å². The van der Waals surface area contributed by atoms with E-state index in [1.807, 2.05) is 0 Å². The molecular formula is C15H33O8P3S2. The fourth-order valence-corrected chi connectivity index (χ4v) is 12.1. The van der Waals surface area contributed by atoms with Crippen LogP contribution in [0.2, 0.25) is 0 Å². The monoisotopic (exact) mass is 498 g/mol. The third-order valence-corrected chi connectivity index (χ3v) is 12.7. The van der Waals surface area contributed by atoms with Gasteiger partial charge in [-0.05, 0) is 20.8 Å². The lowest BCUT2D eigenvalue weighted by molar-refractivity contribution is -0.142. The molecule has 0 aromatic rings. The quantitative estimate of drug-likeness (QED) is 0.130. The van der Waals surface area contributed by atoms with Crippen LogP contribution in [0.25, 0.3) is 0 Å². The van der Waals surface area contributed by atoms with E-state index in [0.717, 1.165) is 0 Å². The van der Waals surface area contributed by atoms with Crippen molar-refractivity contribution in [3.8, 4) is 0 Å². The third kappa shape index (κ3) is 13.1. The molecule has 0 rings (SSSR count). The van der Waals surface area contributed by atoms with Gasteiger partial charge in [0.15, 0.2) is 0 Å². The van der Waals surface area contributed by atoms with Crippen molar-refractivity contribution in [3.63, 3.8) is 0 Å². The Morgan fingerprint density at radius 1 is 0.857 bits per heavy atom. The number of carbonyl (C=O) groups is 1. The molecule has 0 aromatic carbocycles. The van der Waals surface area contributed by atoms with Gasteiger partial charge >= 0.3 is 5.97 Å². The van der Waals surface area contributed by atoms with E-state index in [4.69, 9.17) is 13.8 Å². The zero-order chi connectivity index (χ0) is 21.7. The molecule has 0 heterocycles. The maximum absolute atomic E-state index is 13.1. The Labute approximate surface area is 177 Å². The standard InChI is InChI=1S/C15H33O8P3S2/c1-4-21-15(16)7-8-25(19,22-5-2)11-12-26(20,23-6-3)10-9-24(17,18)13-14-28-27/h27H,4-14H2,1-3H3,(H,17,18). The smallest absolute Gasteiger partial charge is 0.306 e. The summed E-state index contributed by atoms with van der Waals surface area (Å²) in [5.41, 5.74) is 0. The molecule has 0 bridgehead atoms. The van der Waals surface area contributed by atoms with Crippen molar-refractivity contribution in [1.82, 2.24) is 0 Å². The van der Waals surface area contributed by atoms with Crippen molar-refractivity contribution in [2.45, 2.75) is 27.2 Å². The molecule has 28 heavy (non-hydrogen) atoms. The maximum Gasteiger partial charge on any atom is 0.306 e. The van der Waals surface area contributed by atoms with Gasteiger partial charge in [-0.1, -0.05) is 10.8 Å². The van der Waals surface area contributed by atoms with E-state index in [1.165, 1.54) is 10.8 Å². The van der Waals surface area contributed by atoms with Gasteiger partial charge in [0, 0.05) is 42.7 Å². The molecule has 3 atom stereocenters. The van der Waals surface area contributed by atoms with Crippen LogP contribution >= 0.6 is 44.6 Å². The summed E-state index contributed by atoms with van der Waals surface area (Å²) in [5, 5.41) is 0. The van der Waals surface area contributed by atoms with Gasteiger partial charge in [-0.15, -0.1) is 11.7 Å².